The molecule has 0 spiro atoms. The standard InChI is InChI=1S/C19H22FN3O2/c1-14(24)23(16-10-8-15(9-11-16)22(2)3)13-12-19(25)21-18-7-5-4-6-17(18)20/h4-11H,12-13H2,1-3H3,(H,21,25). The number of carbonyl (C=O) groups is 2. The third-order valence-corrected chi connectivity index (χ3v) is 3.77. The summed E-state index contributed by atoms with van der Waals surface area (Å²) < 4.78 is 13.6. The smallest absolute Gasteiger partial charge is 0.226 e. The topological polar surface area (TPSA) is 52.7 Å². The molecule has 0 atom stereocenters. The first-order chi connectivity index (χ1) is 11.9. The highest BCUT2D eigenvalue weighted by Crippen LogP contribution is 2.20. The normalized spacial score (nSPS) is 10.2. The quantitative estimate of drug-likeness (QED) is 0.876. The van der Waals surface area contributed by atoms with Crippen molar-refractivity contribution in [3.8, 4) is 0 Å². The predicted molar refractivity (Wildman–Crippen MR) is 98.4 cm³/mol. The van der Waals surface area contributed by atoms with Crippen LogP contribution in [-0.2, 0) is 9.59 Å². The third-order valence-electron chi connectivity index (χ3n) is 3.77. The first-order valence-electron chi connectivity index (χ1n) is 7.98. The zero-order valence-corrected chi connectivity index (χ0v) is 14.6. The number of halogens is 1. The van der Waals surface area contributed by atoms with Gasteiger partial charge in [0.15, 0.2) is 0 Å². The van der Waals surface area contributed by atoms with Gasteiger partial charge in [-0.25, -0.2) is 4.39 Å². The Morgan fingerprint density at radius 2 is 1.60 bits per heavy atom. The van der Waals surface area contributed by atoms with Gasteiger partial charge < -0.3 is 15.1 Å². The molecule has 0 aliphatic rings. The molecule has 1 N–H and O–H groups in total. The molecule has 0 saturated carbocycles. The molecule has 0 aliphatic carbocycles. The molecule has 25 heavy (non-hydrogen) atoms. The molecule has 0 saturated heterocycles. The number of nitrogens with zero attached hydrogens (tertiary/aromatic N) is 2. The highest BCUT2D eigenvalue weighted by atomic mass is 19.1. The minimum Gasteiger partial charge on any atom is -0.378 e. The Bertz CT molecular complexity index is 745. The Labute approximate surface area is 147 Å². The largest absolute Gasteiger partial charge is 0.378 e. The number of hydrogen-bond donors (Lipinski definition) is 1. The van der Waals surface area contributed by atoms with Crippen LogP contribution in [0.25, 0.3) is 0 Å². The van der Waals surface area contributed by atoms with Crippen LogP contribution in [0.15, 0.2) is 48.5 Å². The number of benzene rings is 2. The van der Waals surface area contributed by atoms with E-state index in [4.69, 9.17) is 0 Å². The van der Waals surface area contributed by atoms with Gasteiger partial charge in [-0.05, 0) is 36.4 Å². The fourth-order valence-corrected chi connectivity index (χ4v) is 2.39. The van der Waals surface area contributed by atoms with E-state index >= 15 is 0 Å². The predicted octanol–water partition coefficient (Wildman–Crippen LogP) is 3.27. The van der Waals surface area contributed by atoms with E-state index in [1.807, 2.05) is 43.3 Å². The van der Waals surface area contributed by atoms with Gasteiger partial charge in [-0.2, -0.15) is 0 Å². The molecule has 132 valence electrons. The fraction of sp³-hybridized carbons (Fsp3) is 0.263. The van der Waals surface area contributed by atoms with Gasteiger partial charge >= 0.3 is 0 Å². The van der Waals surface area contributed by atoms with Crippen molar-refractivity contribution < 1.29 is 14.0 Å². The van der Waals surface area contributed by atoms with Crippen molar-refractivity contribution in [1.29, 1.82) is 0 Å². The number of anilines is 3. The molecular formula is C19H22FN3O2. The molecule has 0 heterocycles. The van der Waals surface area contributed by atoms with Crippen molar-refractivity contribution in [1.82, 2.24) is 0 Å². The van der Waals surface area contributed by atoms with Gasteiger partial charge in [0.1, 0.15) is 5.82 Å². The SMILES string of the molecule is CC(=O)N(CCC(=O)Nc1ccccc1F)c1ccc(N(C)C)cc1. The first kappa shape index (κ1) is 18.4. The lowest BCUT2D eigenvalue weighted by Crippen LogP contribution is -2.32. The van der Waals surface area contributed by atoms with Crippen LogP contribution >= 0.6 is 0 Å². The van der Waals surface area contributed by atoms with Crippen LogP contribution in [0.1, 0.15) is 13.3 Å². The van der Waals surface area contributed by atoms with Gasteiger partial charge in [-0.3, -0.25) is 9.59 Å². The first-order valence-corrected chi connectivity index (χ1v) is 7.98. The lowest BCUT2D eigenvalue weighted by Gasteiger charge is -2.22. The Balaban J connectivity index is 2.01. The lowest BCUT2D eigenvalue weighted by molar-refractivity contribution is -0.117. The van der Waals surface area contributed by atoms with Crippen molar-refractivity contribution in [2.45, 2.75) is 13.3 Å². The van der Waals surface area contributed by atoms with Crippen LogP contribution < -0.4 is 15.1 Å². The van der Waals surface area contributed by atoms with E-state index in [0.717, 1.165) is 11.4 Å². The summed E-state index contributed by atoms with van der Waals surface area (Å²) in [6.45, 7) is 1.67. The second-order valence-corrected chi connectivity index (χ2v) is 5.86. The minimum absolute atomic E-state index is 0.0728. The second-order valence-electron chi connectivity index (χ2n) is 5.86. The van der Waals surface area contributed by atoms with Crippen LogP contribution in [0.2, 0.25) is 0 Å². The molecule has 2 aromatic carbocycles. The van der Waals surface area contributed by atoms with Crippen LogP contribution in [0, 0.1) is 5.82 Å². The average molecular weight is 343 g/mol. The summed E-state index contributed by atoms with van der Waals surface area (Å²) >= 11 is 0. The molecule has 2 amide bonds. The minimum atomic E-state index is -0.487. The monoisotopic (exact) mass is 343 g/mol. The fourth-order valence-electron chi connectivity index (χ4n) is 2.39. The number of amides is 2. The number of hydrogen-bond acceptors (Lipinski definition) is 3. The molecule has 5 nitrogen and oxygen atoms in total. The maximum absolute atomic E-state index is 13.6. The molecule has 0 radical (unpaired) electrons. The highest BCUT2D eigenvalue weighted by molar-refractivity contribution is 5.95. The molecule has 2 aromatic rings. The van der Waals surface area contributed by atoms with Gasteiger partial charge in [-0.1, -0.05) is 12.1 Å². The van der Waals surface area contributed by atoms with E-state index in [1.54, 1.807) is 12.1 Å². The molecular weight excluding hydrogens is 321 g/mol. The molecule has 0 bridgehead atoms. The van der Waals surface area contributed by atoms with E-state index in [0.29, 0.717) is 0 Å². The molecule has 0 aliphatic heterocycles. The van der Waals surface area contributed by atoms with E-state index < -0.39 is 5.82 Å². The Kier molecular flexibility index (Phi) is 6.11. The summed E-state index contributed by atoms with van der Waals surface area (Å²) in [7, 11) is 3.87. The molecule has 6 heteroatoms. The molecule has 0 aromatic heterocycles. The Morgan fingerprint density at radius 3 is 2.16 bits per heavy atom. The van der Waals surface area contributed by atoms with Gasteiger partial charge in [0.05, 0.1) is 5.69 Å². The van der Waals surface area contributed by atoms with E-state index in [1.165, 1.54) is 24.0 Å². The van der Waals surface area contributed by atoms with Gasteiger partial charge in [-0.15, -0.1) is 0 Å². The third kappa shape index (κ3) is 5.04. The van der Waals surface area contributed by atoms with Gasteiger partial charge in [0, 0.05) is 45.4 Å². The number of nitrogens with one attached hydrogen (secondary N) is 1. The van der Waals surface area contributed by atoms with E-state index in [9.17, 15) is 14.0 Å². The zero-order valence-electron chi connectivity index (χ0n) is 14.6. The van der Waals surface area contributed by atoms with Crippen molar-refractivity contribution in [2.24, 2.45) is 0 Å². The van der Waals surface area contributed by atoms with Crippen molar-refractivity contribution in [3.63, 3.8) is 0 Å². The summed E-state index contributed by atoms with van der Waals surface area (Å²) in [5, 5.41) is 2.52. The molecule has 0 unspecified atom stereocenters. The molecule has 2 rings (SSSR count). The van der Waals surface area contributed by atoms with Crippen LogP contribution in [0.5, 0.6) is 0 Å². The summed E-state index contributed by atoms with van der Waals surface area (Å²) in [4.78, 5) is 27.4. The maximum atomic E-state index is 13.6. The number of para-hydroxylation sites is 1. The van der Waals surface area contributed by atoms with Gasteiger partial charge in [0.2, 0.25) is 11.8 Å². The summed E-state index contributed by atoms with van der Waals surface area (Å²) in [6, 6.07) is 13.5. The van der Waals surface area contributed by atoms with Gasteiger partial charge in [0.25, 0.3) is 0 Å². The zero-order chi connectivity index (χ0) is 18.4. The summed E-state index contributed by atoms with van der Waals surface area (Å²) in [5.74, 6) is -0.990. The maximum Gasteiger partial charge on any atom is 0.226 e. The summed E-state index contributed by atoms with van der Waals surface area (Å²) in [6.07, 6.45) is 0.0728. The lowest BCUT2D eigenvalue weighted by atomic mass is 10.2. The average Bonchev–Trinajstić information content (AvgIpc) is 2.57. The van der Waals surface area contributed by atoms with Crippen LogP contribution in [0.3, 0.4) is 0 Å². The highest BCUT2D eigenvalue weighted by Gasteiger charge is 2.14. The number of rotatable bonds is 6. The Hall–Kier alpha value is -2.89. The van der Waals surface area contributed by atoms with Crippen LogP contribution in [-0.4, -0.2) is 32.5 Å². The number of carbonyl (C=O) groups excluding carboxylic acids is 2. The van der Waals surface area contributed by atoms with Crippen LogP contribution in [0.4, 0.5) is 21.5 Å². The van der Waals surface area contributed by atoms with E-state index in [-0.39, 0.29) is 30.5 Å². The van der Waals surface area contributed by atoms with E-state index in [2.05, 4.69) is 5.32 Å². The molecule has 0 fully saturated rings. The Morgan fingerprint density at radius 1 is 1.00 bits per heavy atom. The summed E-state index contributed by atoms with van der Waals surface area (Å²) in [5.41, 5.74) is 1.87. The van der Waals surface area contributed by atoms with Crippen molar-refractivity contribution in [2.75, 3.05) is 35.8 Å². The second kappa shape index (κ2) is 8.28. The van der Waals surface area contributed by atoms with Crippen molar-refractivity contribution in [3.05, 3.63) is 54.3 Å². The van der Waals surface area contributed by atoms with Crippen molar-refractivity contribution >= 4 is 28.9 Å².